The van der Waals surface area contributed by atoms with Gasteiger partial charge in [-0.2, -0.15) is 4.98 Å². The van der Waals surface area contributed by atoms with Crippen molar-refractivity contribution in [1.29, 1.82) is 0 Å². The van der Waals surface area contributed by atoms with Crippen LogP contribution < -0.4 is 4.74 Å². The third kappa shape index (κ3) is 4.78. The molecule has 0 radical (unpaired) electrons. The van der Waals surface area contributed by atoms with Crippen LogP contribution >= 0.6 is 11.6 Å². The summed E-state index contributed by atoms with van der Waals surface area (Å²) in [6.07, 6.45) is -0.403. The van der Waals surface area contributed by atoms with Crippen LogP contribution in [-0.2, 0) is 11.2 Å². The highest BCUT2D eigenvalue weighted by atomic mass is 35.5. The predicted octanol–water partition coefficient (Wildman–Crippen LogP) is 6.67. The molecule has 1 aromatic heterocycles. The summed E-state index contributed by atoms with van der Waals surface area (Å²) in [7, 11) is 0. The van der Waals surface area contributed by atoms with Crippen molar-refractivity contribution in [3.63, 3.8) is 0 Å². The normalized spacial score (nSPS) is 10.9. The molecular formula is C28H19ClN2O5. The number of aromatic carboxylic acids is 1. The maximum absolute atomic E-state index is 11.6. The Bertz CT molecular complexity index is 1590. The number of halogens is 1. The Balaban J connectivity index is 1.43. The minimum Gasteiger partial charge on any atom is -0.481 e. The lowest BCUT2D eigenvalue weighted by molar-refractivity contribution is -0.136. The maximum atomic E-state index is 11.6. The molecule has 4 aromatic carbocycles. The molecule has 0 aliphatic heterocycles. The number of aromatic amines is 1. The first kappa shape index (κ1) is 23.1. The van der Waals surface area contributed by atoms with E-state index in [2.05, 4.69) is 22.1 Å². The van der Waals surface area contributed by atoms with Gasteiger partial charge in [0, 0.05) is 5.56 Å². The molecule has 36 heavy (non-hydrogen) atoms. The summed E-state index contributed by atoms with van der Waals surface area (Å²) in [5, 5.41) is 19.0. The highest BCUT2D eigenvalue weighted by Crippen LogP contribution is 2.34. The smallest absolute Gasteiger partial charge is 0.336 e. The van der Waals surface area contributed by atoms with Crippen molar-refractivity contribution in [1.82, 2.24) is 9.97 Å². The van der Waals surface area contributed by atoms with Gasteiger partial charge < -0.3 is 19.9 Å². The zero-order chi connectivity index (χ0) is 25.2. The summed E-state index contributed by atoms with van der Waals surface area (Å²) < 4.78 is 5.74. The second-order valence-electron chi connectivity index (χ2n) is 8.13. The van der Waals surface area contributed by atoms with E-state index < -0.39 is 18.4 Å². The summed E-state index contributed by atoms with van der Waals surface area (Å²) in [5.74, 6) is -2.15. The van der Waals surface area contributed by atoms with Crippen LogP contribution in [0.15, 0.2) is 84.9 Å². The number of H-pyrrole nitrogens is 1. The molecule has 7 nitrogen and oxygen atoms in total. The van der Waals surface area contributed by atoms with E-state index in [-0.39, 0.29) is 22.9 Å². The number of carboxylic acids is 2. The number of benzene rings is 4. The molecular weight excluding hydrogens is 480 g/mol. The van der Waals surface area contributed by atoms with Gasteiger partial charge in [0.05, 0.1) is 28.0 Å². The third-order valence-corrected chi connectivity index (χ3v) is 6.03. The number of aromatic nitrogens is 2. The van der Waals surface area contributed by atoms with Crippen LogP contribution in [0.5, 0.6) is 11.8 Å². The largest absolute Gasteiger partial charge is 0.481 e. The molecule has 0 aliphatic rings. The molecule has 0 saturated heterocycles. The lowest BCUT2D eigenvalue weighted by atomic mass is 10.00. The number of fused-ring (bicyclic) bond motifs is 1. The summed E-state index contributed by atoms with van der Waals surface area (Å²) in [5.41, 5.74) is 5.29. The molecule has 8 heteroatoms. The van der Waals surface area contributed by atoms with Crippen LogP contribution in [0.2, 0.25) is 5.02 Å². The summed E-state index contributed by atoms with van der Waals surface area (Å²) in [4.78, 5) is 30.1. The third-order valence-electron chi connectivity index (χ3n) is 5.72. The molecule has 0 atom stereocenters. The molecule has 0 unspecified atom stereocenters. The van der Waals surface area contributed by atoms with E-state index >= 15 is 0 Å². The number of carboxylic acid groups (broad SMARTS) is 2. The van der Waals surface area contributed by atoms with Gasteiger partial charge >= 0.3 is 11.9 Å². The average Bonchev–Trinajstić information content (AvgIpc) is 3.25. The van der Waals surface area contributed by atoms with Crippen LogP contribution in [0.25, 0.3) is 33.3 Å². The van der Waals surface area contributed by atoms with Gasteiger partial charge in [-0.3, -0.25) is 4.79 Å². The molecule has 5 aromatic rings. The van der Waals surface area contributed by atoms with Crippen molar-refractivity contribution in [2.24, 2.45) is 0 Å². The number of aliphatic carboxylic acids is 1. The number of rotatable bonds is 7. The second kappa shape index (κ2) is 9.56. The Morgan fingerprint density at radius 1 is 0.861 bits per heavy atom. The minimum absolute atomic E-state index is 0.143. The van der Waals surface area contributed by atoms with E-state index in [4.69, 9.17) is 21.4 Å². The standard InChI is InChI=1S/C28H19ClN2O5/c29-23-15-25-24(14-21(23)18-8-6-17(7-9-18)16-4-2-1-3-5-16)30-28(31-25)36-20-11-10-19(12-26(32)33)22(13-20)27(34)35/h1-11,13-15H,12H2,(H,30,31)(H,32,33)(H,34,35). The Hall–Kier alpha value is -4.62. The topological polar surface area (TPSA) is 113 Å². The summed E-state index contributed by atoms with van der Waals surface area (Å²) in [6.45, 7) is 0. The molecule has 0 aliphatic carbocycles. The van der Waals surface area contributed by atoms with Gasteiger partial charge in [-0.15, -0.1) is 0 Å². The number of hydrogen-bond acceptors (Lipinski definition) is 4. The molecule has 3 N–H and O–H groups in total. The van der Waals surface area contributed by atoms with Crippen molar-refractivity contribution in [3.8, 4) is 34.0 Å². The van der Waals surface area contributed by atoms with Crippen LogP contribution in [0.4, 0.5) is 0 Å². The fourth-order valence-corrected chi connectivity index (χ4v) is 4.27. The first-order valence-electron chi connectivity index (χ1n) is 11.0. The number of hydrogen-bond donors (Lipinski definition) is 3. The van der Waals surface area contributed by atoms with Crippen molar-refractivity contribution in [3.05, 3.63) is 101 Å². The average molecular weight is 499 g/mol. The number of carbonyl (C=O) groups is 2. The SMILES string of the molecule is O=C(O)Cc1ccc(Oc2nc3cc(-c4ccc(-c5ccccc5)cc4)c(Cl)cc3[nH]2)cc1C(=O)O. The lowest BCUT2D eigenvalue weighted by Crippen LogP contribution is -2.08. The Morgan fingerprint density at radius 2 is 1.56 bits per heavy atom. The van der Waals surface area contributed by atoms with Crippen LogP contribution in [0, 0.1) is 0 Å². The van der Waals surface area contributed by atoms with Crippen LogP contribution in [0.3, 0.4) is 0 Å². The van der Waals surface area contributed by atoms with E-state index in [1.54, 1.807) is 6.07 Å². The zero-order valence-corrected chi connectivity index (χ0v) is 19.5. The maximum Gasteiger partial charge on any atom is 0.336 e. The van der Waals surface area contributed by atoms with Crippen molar-refractivity contribution in [2.75, 3.05) is 0 Å². The lowest BCUT2D eigenvalue weighted by Gasteiger charge is -2.07. The van der Waals surface area contributed by atoms with Gasteiger partial charge in [-0.25, -0.2) is 4.79 Å². The second-order valence-corrected chi connectivity index (χ2v) is 8.54. The van der Waals surface area contributed by atoms with Crippen LogP contribution in [-0.4, -0.2) is 32.1 Å². The highest BCUT2D eigenvalue weighted by molar-refractivity contribution is 6.34. The van der Waals surface area contributed by atoms with Gasteiger partial charge in [-0.05, 0) is 46.5 Å². The van der Waals surface area contributed by atoms with Gasteiger partial charge in [0.25, 0.3) is 6.01 Å². The Labute approximate surface area is 210 Å². The van der Waals surface area contributed by atoms with E-state index in [1.807, 2.05) is 48.5 Å². The summed E-state index contributed by atoms with van der Waals surface area (Å²) >= 11 is 6.58. The van der Waals surface area contributed by atoms with Gasteiger partial charge in [0.2, 0.25) is 0 Å². The Kier molecular flexibility index (Phi) is 6.14. The monoisotopic (exact) mass is 498 g/mol. The Morgan fingerprint density at radius 3 is 2.25 bits per heavy atom. The molecule has 0 saturated carbocycles. The van der Waals surface area contributed by atoms with Crippen molar-refractivity contribution in [2.45, 2.75) is 6.42 Å². The van der Waals surface area contributed by atoms with E-state index in [0.29, 0.717) is 16.1 Å². The highest BCUT2D eigenvalue weighted by Gasteiger charge is 2.16. The zero-order valence-electron chi connectivity index (χ0n) is 18.7. The number of nitrogens with zero attached hydrogens (tertiary/aromatic N) is 1. The number of ether oxygens (including phenoxy) is 1. The molecule has 0 bridgehead atoms. The summed E-state index contributed by atoms with van der Waals surface area (Å²) in [6, 6.07) is 26.1. The molecule has 1 heterocycles. The minimum atomic E-state index is -1.24. The van der Waals surface area contributed by atoms with Crippen molar-refractivity contribution < 1.29 is 24.5 Å². The first-order valence-corrected chi connectivity index (χ1v) is 11.4. The van der Waals surface area contributed by atoms with E-state index in [9.17, 15) is 14.7 Å². The van der Waals surface area contributed by atoms with E-state index in [1.165, 1.54) is 18.2 Å². The van der Waals surface area contributed by atoms with Crippen molar-refractivity contribution >= 4 is 34.6 Å². The van der Waals surface area contributed by atoms with Gasteiger partial charge in [0.1, 0.15) is 5.75 Å². The predicted molar refractivity (Wildman–Crippen MR) is 137 cm³/mol. The van der Waals surface area contributed by atoms with Gasteiger partial charge in [-0.1, -0.05) is 72.3 Å². The van der Waals surface area contributed by atoms with Gasteiger partial charge in [0.15, 0.2) is 0 Å². The van der Waals surface area contributed by atoms with Crippen LogP contribution in [0.1, 0.15) is 15.9 Å². The quantitative estimate of drug-likeness (QED) is 0.231. The number of imidazole rings is 1. The fraction of sp³-hybridized carbons (Fsp3) is 0.0357. The molecule has 0 amide bonds. The van der Waals surface area contributed by atoms with E-state index in [0.717, 1.165) is 22.3 Å². The molecule has 0 fully saturated rings. The number of nitrogens with one attached hydrogen (secondary N) is 1. The molecule has 0 spiro atoms. The molecule has 5 rings (SSSR count). The first-order chi connectivity index (χ1) is 17.4. The molecule has 178 valence electrons. The fourth-order valence-electron chi connectivity index (χ4n) is 4.00.